The first kappa shape index (κ1) is 9.01. The van der Waals surface area contributed by atoms with E-state index in [1.807, 2.05) is 0 Å². The summed E-state index contributed by atoms with van der Waals surface area (Å²) in [6, 6.07) is 1.28. The van der Waals surface area contributed by atoms with E-state index in [9.17, 15) is 0 Å². The Morgan fingerprint density at radius 3 is 2.45 bits per heavy atom. The molecule has 1 heterocycles. The molecule has 0 aromatic carbocycles. The van der Waals surface area contributed by atoms with E-state index in [2.05, 4.69) is 38.3 Å². The average molecular weight is 156 g/mol. The van der Waals surface area contributed by atoms with Crippen molar-refractivity contribution in [2.24, 2.45) is 5.41 Å². The standard InChI is InChI=1S/C9H20N2/c1-7(2)10-5-8-9(3,4)6-11-8/h7-8,10-11H,5-6H2,1-4H3. The lowest BCUT2D eigenvalue weighted by Gasteiger charge is -2.46. The molecule has 1 fully saturated rings. The molecule has 2 N–H and O–H groups in total. The highest BCUT2D eigenvalue weighted by Crippen LogP contribution is 2.27. The van der Waals surface area contributed by atoms with E-state index in [-0.39, 0.29) is 0 Å². The molecule has 0 aromatic rings. The monoisotopic (exact) mass is 156 g/mol. The van der Waals surface area contributed by atoms with E-state index < -0.39 is 0 Å². The molecule has 66 valence electrons. The molecular weight excluding hydrogens is 136 g/mol. The second kappa shape index (κ2) is 3.11. The van der Waals surface area contributed by atoms with Gasteiger partial charge in [0.2, 0.25) is 0 Å². The Balaban J connectivity index is 2.18. The van der Waals surface area contributed by atoms with Gasteiger partial charge in [0.05, 0.1) is 0 Å². The van der Waals surface area contributed by atoms with Gasteiger partial charge in [-0.3, -0.25) is 0 Å². The SMILES string of the molecule is CC(C)NCC1NCC1(C)C. The summed E-state index contributed by atoms with van der Waals surface area (Å²) in [5.41, 5.74) is 0.502. The molecule has 2 heteroatoms. The summed E-state index contributed by atoms with van der Waals surface area (Å²) >= 11 is 0. The third-order valence-electron chi connectivity index (χ3n) is 2.48. The zero-order chi connectivity index (χ0) is 8.48. The maximum Gasteiger partial charge on any atom is 0.0256 e. The number of hydrogen-bond donors (Lipinski definition) is 2. The van der Waals surface area contributed by atoms with E-state index >= 15 is 0 Å². The summed E-state index contributed by atoms with van der Waals surface area (Å²) in [6.45, 7) is 11.3. The van der Waals surface area contributed by atoms with Gasteiger partial charge in [0.25, 0.3) is 0 Å². The van der Waals surface area contributed by atoms with Crippen molar-refractivity contribution in [2.45, 2.75) is 39.8 Å². The van der Waals surface area contributed by atoms with Crippen LogP contribution in [0.25, 0.3) is 0 Å². The molecule has 1 aliphatic rings. The number of hydrogen-bond acceptors (Lipinski definition) is 2. The molecule has 2 nitrogen and oxygen atoms in total. The van der Waals surface area contributed by atoms with Crippen LogP contribution in [0.2, 0.25) is 0 Å². The quantitative estimate of drug-likeness (QED) is 0.636. The second-order valence-corrected chi connectivity index (χ2v) is 4.49. The topological polar surface area (TPSA) is 24.1 Å². The van der Waals surface area contributed by atoms with Crippen molar-refractivity contribution < 1.29 is 0 Å². The van der Waals surface area contributed by atoms with E-state index in [0.29, 0.717) is 17.5 Å². The molecule has 0 bridgehead atoms. The summed E-state index contributed by atoms with van der Waals surface area (Å²) < 4.78 is 0. The zero-order valence-corrected chi connectivity index (χ0v) is 8.07. The maximum atomic E-state index is 3.44. The van der Waals surface area contributed by atoms with Gasteiger partial charge < -0.3 is 10.6 Å². The summed E-state index contributed by atoms with van der Waals surface area (Å²) in [5, 5.41) is 6.87. The minimum absolute atomic E-state index is 0.502. The largest absolute Gasteiger partial charge is 0.313 e. The van der Waals surface area contributed by atoms with Crippen LogP contribution in [0.4, 0.5) is 0 Å². The van der Waals surface area contributed by atoms with Gasteiger partial charge in [0, 0.05) is 25.2 Å². The van der Waals surface area contributed by atoms with E-state index in [0.717, 1.165) is 13.1 Å². The third-order valence-corrected chi connectivity index (χ3v) is 2.48. The zero-order valence-electron chi connectivity index (χ0n) is 8.07. The van der Waals surface area contributed by atoms with Gasteiger partial charge in [0.15, 0.2) is 0 Å². The fourth-order valence-electron chi connectivity index (χ4n) is 1.36. The predicted octanol–water partition coefficient (Wildman–Crippen LogP) is 0.982. The molecule has 0 amide bonds. The van der Waals surface area contributed by atoms with Gasteiger partial charge in [-0.1, -0.05) is 27.7 Å². The first-order valence-corrected chi connectivity index (χ1v) is 4.49. The molecule has 0 radical (unpaired) electrons. The van der Waals surface area contributed by atoms with Crippen LogP contribution in [0.3, 0.4) is 0 Å². The molecule has 11 heavy (non-hydrogen) atoms. The van der Waals surface area contributed by atoms with Gasteiger partial charge in [-0.15, -0.1) is 0 Å². The molecule has 1 rings (SSSR count). The lowest BCUT2D eigenvalue weighted by molar-refractivity contribution is 0.123. The van der Waals surface area contributed by atoms with Crippen molar-refractivity contribution in [1.82, 2.24) is 10.6 Å². The van der Waals surface area contributed by atoms with Crippen LogP contribution in [-0.4, -0.2) is 25.2 Å². The Morgan fingerprint density at radius 2 is 2.18 bits per heavy atom. The number of nitrogens with one attached hydrogen (secondary N) is 2. The van der Waals surface area contributed by atoms with Crippen LogP contribution in [0.5, 0.6) is 0 Å². The van der Waals surface area contributed by atoms with Gasteiger partial charge >= 0.3 is 0 Å². The van der Waals surface area contributed by atoms with Gasteiger partial charge in [0.1, 0.15) is 0 Å². The van der Waals surface area contributed by atoms with Crippen molar-refractivity contribution in [3.8, 4) is 0 Å². The third kappa shape index (κ3) is 2.17. The van der Waals surface area contributed by atoms with E-state index in [1.165, 1.54) is 0 Å². The molecular formula is C9H20N2. The fourth-order valence-corrected chi connectivity index (χ4v) is 1.36. The highest BCUT2D eigenvalue weighted by molar-refractivity contribution is 4.96. The maximum absolute atomic E-state index is 3.44. The average Bonchev–Trinajstić information content (AvgIpc) is 1.85. The van der Waals surface area contributed by atoms with Gasteiger partial charge in [-0.2, -0.15) is 0 Å². The predicted molar refractivity (Wildman–Crippen MR) is 48.7 cm³/mol. The molecule has 1 atom stereocenters. The summed E-state index contributed by atoms with van der Waals surface area (Å²) in [5.74, 6) is 0. The van der Waals surface area contributed by atoms with Crippen LogP contribution >= 0.6 is 0 Å². The van der Waals surface area contributed by atoms with Crippen LogP contribution in [-0.2, 0) is 0 Å². The number of rotatable bonds is 3. The Kier molecular flexibility index (Phi) is 2.55. The van der Waals surface area contributed by atoms with Gasteiger partial charge in [-0.25, -0.2) is 0 Å². The molecule has 1 saturated heterocycles. The highest BCUT2D eigenvalue weighted by atomic mass is 15.1. The first-order chi connectivity index (χ1) is 5.02. The van der Waals surface area contributed by atoms with Crippen LogP contribution < -0.4 is 10.6 Å². The van der Waals surface area contributed by atoms with Crippen molar-refractivity contribution in [3.05, 3.63) is 0 Å². The molecule has 0 aromatic heterocycles. The van der Waals surface area contributed by atoms with Gasteiger partial charge in [-0.05, 0) is 5.41 Å². The van der Waals surface area contributed by atoms with Crippen molar-refractivity contribution in [2.75, 3.05) is 13.1 Å². The lowest BCUT2D eigenvalue weighted by Crippen LogP contribution is -2.63. The van der Waals surface area contributed by atoms with Crippen molar-refractivity contribution in [3.63, 3.8) is 0 Å². The Hall–Kier alpha value is -0.0800. The second-order valence-electron chi connectivity index (χ2n) is 4.49. The Labute approximate surface area is 69.8 Å². The molecule has 1 unspecified atom stereocenters. The van der Waals surface area contributed by atoms with Crippen LogP contribution in [0, 0.1) is 5.41 Å². The smallest absolute Gasteiger partial charge is 0.0256 e. The minimum Gasteiger partial charge on any atom is -0.313 e. The summed E-state index contributed by atoms with van der Waals surface area (Å²) in [7, 11) is 0. The molecule has 0 aliphatic carbocycles. The van der Waals surface area contributed by atoms with Crippen LogP contribution in [0.15, 0.2) is 0 Å². The van der Waals surface area contributed by atoms with Crippen molar-refractivity contribution >= 4 is 0 Å². The Bertz CT molecular complexity index is 130. The highest BCUT2D eigenvalue weighted by Gasteiger charge is 2.37. The fraction of sp³-hybridized carbons (Fsp3) is 1.00. The van der Waals surface area contributed by atoms with E-state index in [1.54, 1.807) is 0 Å². The first-order valence-electron chi connectivity index (χ1n) is 4.49. The van der Waals surface area contributed by atoms with Crippen LogP contribution in [0.1, 0.15) is 27.7 Å². The summed E-state index contributed by atoms with van der Waals surface area (Å²) in [4.78, 5) is 0. The molecule has 0 saturated carbocycles. The summed E-state index contributed by atoms with van der Waals surface area (Å²) in [6.07, 6.45) is 0. The Morgan fingerprint density at radius 1 is 1.55 bits per heavy atom. The van der Waals surface area contributed by atoms with E-state index in [4.69, 9.17) is 0 Å². The van der Waals surface area contributed by atoms with Crippen molar-refractivity contribution in [1.29, 1.82) is 0 Å². The molecule has 0 spiro atoms. The normalized spacial score (nSPS) is 28.6. The molecule has 1 aliphatic heterocycles. The minimum atomic E-state index is 0.502. The lowest BCUT2D eigenvalue weighted by atomic mass is 9.77.